The largest absolute Gasteiger partial charge is 0.391 e. The van der Waals surface area contributed by atoms with Gasteiger partial charge in [0, 0.05) is 12.7 Å². The molecule has 0 heterocycles. The fourth-order valence-corrected chi connectivity index (χ4v) is 5.42. The van der Waals surface area contributed by atoms with Crippen LogP contribution in [0.5, 0.6) is 0 Å². The third-order valence-electron chi connectivity index (χ3n) is 5.66. The zero-order valence-electron chi connectivity index (χ0n) is 19.9. The molecule has 2 unspecified atom stereocenters. The summed E-state index contributed by atoms with van der Waals surface area (Å²) in [6.45, 7) is 13.7. The minimum atomic E-state index is -2.19. The molecule has 0 fully saturated rings. The Morgan fingerprint density at radius 2 is 1.14 bits per heavy atom. The van der Waals surface area contributed by atoms with Crippen molar-refractivity contribution in [2.75, 3.05) is 6.61 Å². The second-order valence-electron chi connectivity index (χ2n) is 8.74. The van der Waals surface area contributed by atoms with Gasteiger partial charge in [-0.15, -0.1) is 6.58 Å². The number of unbranched alkanes of at least 4 members (excludes halogenated alkanes) is 14. The molecule has 0 N–H and O–H groups in total. The van der Waals surface area contributed by atoms with Crippen molar-refractivity contribution < 1.29 is 8.85 Å². The van der Waals surface area contributed by atoms with Crippen LogP contribution in [0.2, 0.25) is 6.55 Å². The second kappa shape index (κ2) is 20.2. The van der Waals surface area contributed by atoms with Gasteiger partial charge in [0.1, 0.15) is 0 Å². The van der Waals surface area contributed by atoms with Gasteiger partial charge in [-0.3, -0.25) is 0 Å². The lowest BCUT2D eigenvalue weighted by molar-refractivity contribution is 0.126. The standard InChI is InChI=1S/C25H52O2Si/c1-6-9-11-13-14-15-16-17-18-19-20-22-24-26-28(5,8-3)27-25(4)23-21-12-10-7-2/h8,25H,3,6-7,9-24H2,1-2,4-5H3. The van der Waals surface area contributed by atoms with Crippen molar-refractivity contribution >= 4 is 8.56 Å². The van der Waals surface area contributed by atoms with Crippen LogP contribution in [-0.2, 0) is 8.85 Å². The molecule has 0 bridgehead atoms. The molecule has 2 nitrogen and oxygen atoms in total. The highest BCUT2D eigenvalue weighted by Crippen LogP contribution is 2.17. The molecule has 2 atom stereocenters. The molecule has 0 rings (SSSR count). The van der Waals surface area contributed by atoms with Crippen LogP contribution in [-0.4, -0.2) is 21.3 Å². The van der Waals surface area contributed by atoms with E-state index in [0.29, 0.717) is 0 Å². The Hall–Kier alpha value is -0.123. The summed E-state index contributed by atoms with van der Waals surface area (Å²) in [5, 5.41) is 0. The van der Waals surface area contributed by atoms with Crippen molar-refractivity contribution in [1.29, 1.82) is 0 Å². The van der Waals surface area contributed by atoms with Crippen molar-refractivity contribution in [3.05, 3.63) is 12.3 Å². The highest BCUT2D eigenvalue weighted by molar-refractivity contribution is 6.71. The Kier molecular flexibility index (Phi) is 20.1. The zero-order valence-corrected chi connectivity index (χ0v) is 20.9. The first-order valence-electron chi connectivity index (χ1n) is 12.5. The van der Waals surface area contributed by atoms with Gasteiger partial charge < -0.3 is 8.85 Å². The van der Waals surface area contributed by atoms with Gasteiger partial charge in [0.25, 0.3) is 0 Å². The molecule has 0 aliphatic heterocycles. The molecule has 3 heteroatoms. The molecule has 28 heavy (non-hydrogen) atoms. The Bertz CT molecular complexity index is 335. The summed E-state index contributed by atoms with van der Waals surface area (Å²) >= 11 is 0. The molecular weight excluding hydrogens is 360 g/mol. The topological polar surface area (TPSA) is 18.5 Å². The Balaban J connectivity index is 3.58. The molecule has 0 radical (unpaired) electrons. The summed E-state index contributed by atoms with van der Waals surface area (Å²) in [4.78, 5) is 0. The van der Waals surface area contributed by atoms with E-state index >= 15 is 0 Å². The lowest BCUT2D eigenvalue weighted by atomic mass is 10.1. The van der Waals surface area contributed by atoms with Crippen LogP contribution in [0, 0.1) is 0 Å². The smallest absolute Gasteiger partial charge is 0.361 e. The van der Waals surface area contributed by atoms with E-state index in [9.17, 15) is 0 Å². The van der Waals surface area contributed by atoms with E-state index in [4.69, 9.17) is 8.85 Å². The summed E-state index contributed by atoms with van der Waals surface area (Å²) in [7, 11) is -2.19. The number of hydrogen-bond acceptors (Lipinski definition) is 2. The van der Waals surface area contributed by atoms with Crippen LogP contribution in [0.1, 0.15) is 130 Å². The van der Waals surface area contributed by atoms with Gasteiger partial charge in [0.15, 0.2) is 0 Å². The molecule has 0 aliphatic carbocycles. The molecular formula is C25H52O2Si. The van der Waals surface area contributed by atoms with E-state index in [1.54, 1.807) is 0 Å². The van der Waals surface area contributed by atoms with Crippen molar-refractivity contribution in [3.63, 3.8) is 0 Å². The van der Waals surface area contributed by atoms with Crippen molar-refractivity contribution in [3.8, 4) is 0 Å². The lowest BCUT2D eigenvalue weighted by Gasteiger charge is -2.27. The number of hydrogen-bond donors (Lipinski definition) is 0. The van der Waals surface area contributed by atoms with E-state index in [0.717, 1.165) is 19.4 Å². The van der Waals surface area contributed by atoms with Crippen molar-refractivity contribution in [2.45, 2.75) is 143 Å². The summed E-state index contributed by atoms with van der Waals surface area (Å²) in [5.74, 6) is 0. The van der Waals surface area contributed by atoms with Gasteiger partial charge in [-0.1, -0.05) is 110 Å². The van der Waals surface area contributed by atoms with Crippen LogP contribution < -0.4 is 0 Å². The van der Waals surface area contributed by atoms with Gasteiger partial charge in [0.05, 0.1) is 0 Å². The first kappa shape index (κ1) is 27.9. The normalized spacial score (nSPS) is 14.7. The van der Waals surface area contributed by atoms with Crippen LogP contribution in [0.15, 0.2) is 12.3 Å². The van der Waals surface area contributed by atoms with E-state index < -0.39 is 8.56 Å². The first-order chi connectivity index (χ1) is 13.6. The molecule has 0 aromatic heterocycles. The van der Waals surface area contributed by atoms with Gasteiger partial charge in [0.2, 0.25) is 0 Å². The van der Waals surface area contributed by atoms with E-state index in [2.05, 4.69) is 33.9 Å². The minimum Gasteiger partial charge on any atom is -0.391 e. The third kappa shape index (κ3) is 17.9. The Labute approximate surface area is 179 Å². The van der Waals surface area contributed by atoms with E-state index in [1.165, 1.54) is 96.3 Å². The van der Waals surface area contributed by atoms with Crippen LogP contribution in [0.3, 0.4) is 0 Å². The molecule has 0 saturated heterocycles. The molecule has 0 spiro atoms. The summed E-state index contributed by atoms with van der Waals surface area (Å²) in [6.07, 6.45) is 23.1. The number of rotatable bonds is 22. The maximum atomic E-state index is 6.27. The lowest BCUT2D eigenvalue weighted by Crippen LogP contribution is -2.40. The monoisotopic (exact) mass is 412 g/mol. The van der Waals surface area contributed by atoms with E-state index in [1.807, 2.05) is 5.70 Å². The van der Waals surface area contributed by atoms with Crippen molar-refractivity contribution in [1.82, 2.24) is 0 Å². The van der Waals surface area contributed by atoms with Gasteiger partial charge in [-0.25, -0.2) is 0 Å². The fourth-order valence-electron chi connectivity index (χ4n) is 3.68. The van der Waals surface area contributed by atoms with Gasteiger partial charge >= 0.3 is 8.56 Å². The highest BCUT2D eigenvalue weighted by Gasteiger charge is 2.29. The summed E-state index contributed by atoms with van der Waals surface area (Å²) < 4.78 is 12.4. The van der Waals surface area contributed by atoms with Gasteiger partial charge in [-0.2, -0.15) is 0 Å². The minimum absolute atomic E-state index is 0.286. The average Bonchev–Trinajstić information content (AvgIpc) is 2.69. The quantitative estimate of drug-likeness (QED) is 0.130. The maximum absolute atomic E-state index is 6.27. The second-order valence-corrected chi connectivity index (χ2v) is 11.7. The van der Waals surface area contributed by atoms with Gasteiger partial charge in [-0.05, 0) is 32.0 Å². The third-order valence-corrected chi connectivity index (χ3v) is 8.05. The van der Waals surface area contributed by atoms with Crippen LogP contribution in [0.25, 0.3) is 0 Å². The first-order valence-corrected chi connectivity index (χ1v) is 14.9. The Morgan fingerprint density at radius 3 is 1.61 bits per heavy atom. The summed E-state index contributed by atoms with van der Waals surface area (Å²) in [6, 6.07) is 0. The summed E-state index contributed by atoms with van der Waals surface area (Å²) in [5.41, 5.74) is 1.95. The molecule has 0 saturated carbocycles. The van der Waals surface area contributed by atoms with E-state index in [-0.39, 0.29) is 6.10 Å². The maximum Gasteiger partial charge on any atom is 0.361 e. The predicted octanol–water partition coefficient (Wildman–Crippen LogP) is 8.88. The predicted molar refractivity (Wildman–Crippen MR) is 128 cm³/mol. The highest BCUT2D eigenvalue weighted by atomic mass is 28.4. The molecule has 0 amide bonds. The van der Waals surface area contributed by atoms with Crippen LogP contribution in [0.4, 0.5) is 0 Å². The van der Waals surface area contributed by atoms with Crippen LogP contribution >= 0.6 is 0 Å². The molecule has 0 aromatic rings. The molecule has 168 valence electrons. The van der Waals surface area contributed by atoms with Crippen molar-refractivity contribution in [2.24, 2.45) is 0 Å². The Morgan fingerprint density at radius 1 is 0.714 bits per heavy atom. The zero-order chi connectivity index (χ0) is 20.9. The molecule has 0 aromatic carbocycles. The molecule has 0 aliphatic rings. The fraction of sp³-hybridized carbons (Fsp3) is 0.920. The average molecular weight is 413 g/mol. The SMILES string of the molecule is C=C[Si](C)(OCCCCCCCCCCCCCC)OC(C)CCCCCC.